The molecule has 0 saturated carbocycles. The molecule has 0 atom stereocenters. The Morgan fingerprint density at radius 1 is 1.31 bits per heavy atom. The van der Waals surface area contributed by atoms with Crippen molar-refractivity contribution in [3.63, 3.8) is 0 Å². The summed E-state index contributed by atoms with van der Waals surface area (Å²) in [5.41, 5.74) is 0. The molecule has 0 aliphatic heterocycles. The van der Waals surface area contributed by atoms with Crippen molar-refractivity contribution in [1.82, 2.24) is 14.8 Å². The standard InChI is InChI=1S/C9H19N3Si/c1-9(2,3)13(4,5)8-12-7-10-6-11-12/h6-7H,8H2,1-5H3. The molecule has 13 heavy (non-hydrogen) atoms. The number of hydrogen-bond donors (Lipinski definition) is 0. The van der Waals surface area contributed by atoms with E-state index >= 15 is 0 Å². The minimum absolute atomic E-state index is 0.416. The lowest BCUT2D eigenvalue weighted by Crippen LogP contribution is -2.42. The molecule has 0 radical (unpaired) electrons. The van der Waals surface area contributed by atoms with E-state index in [-0.39, 0.29) is 0 Å². The first-order valence-corrected chi connectivity index (χ1v) is 7.86. The van der Waals surface area contributed by atoms with Crippen LogP contribution in [0.1, 0.15) is 20.8 Å². The van der Waals surface area contributed by atoms with Gasteiger partial charge >= 0.3 is 0 Å². The maximum atomic E-state index is 4.16. The van der Waals surface area contributed by atoms with Crippen molar-refractivity contribution in [2.45, 2.75) is 45.1 Å². The molecule has 1 aromatic heterocycles. The molecule has 0 unspecified atom stereocenters. The molecule has 1 heterocycles. The Morgan fingerprint density at radius 2 is 1.92 bits per heavy atom. The van der Waals surface area contributed by atoms with Gasteiger partial charge < -0.3 is 0 Å². The molecule has 0 amide bonds. The molecule has 1 aromatic rings. The van der Waals surface area contributed by atoms with Gasteiger partial charge in [0.05, 0.1) is 8.07 Å². The van der Waals surface area contributed by atoms with Gasteiger partial charge in [0.1, 0.15) is 12.7 Å². The Kier molecular flexibility index (Phi) is 2.61. The molecule has 0 aliphatic rings. The predicted molar refractivity (Wildman–Crippen MR) is 57.2 cm³/mol. The van der Waals surface area contributed by atoms with Gasteiger partial charge in [0.15, 0.2) is 0 Å². The maximum absolute atomic E-state index is 4.16. The van der Waals surface area contributed by atoms with E-state index in [0.29, 0.717) is 5.04 Å². The average molecular weight is 197 g/mol. The van der Waals surface area contributed by atoms with Crippen molar-refractivity contribution < 1.29 is 0 Å². The third kappa shape index (κ3) is 2.40. The zero-order valence-electron chi connectivity index (χ0n) is 9.20. The Balaban J connectivity index is 2.73. The van der Waals surface area contributed by atoms with Gasteiger partial charge in [0.2, 0.25) is 0 Å². The lowest BCUT2D eigenvalue weighted by molar-refractivity contribution is 0.651. The van der Waals surface area contributed by atoms with Gasteiger partial charge in [-0.25, -0.2) is 4.98 Å². The van der Waals surface area contributed by atoms with Gasteiger partial charge in [-0.15, -0.1) is 0 Å². The normalized spacial score (nSPS) is 13.3. The summed E-state index contributed by atoms with van der Waals surface area (Å²) in [6, 6.07) is 0. The Morgan fingerprint density at radius 3 is 2.31 bits per heavy atom. The molecule has 0 fully saturated rings. The van der Waals surface area contributed by atoms with E-state index in [1.54, 1.807) is 12.7 Å². The van der Waals surface area contributed by atoms with E-state index < -0.39 is 8.07 Å². The fraction of sp³-hybridized carbons (Fsp3) is 0.778. The molecule has 0 N–H and O–H groups in total. The SMILES string of the molecule is CC(C)(C)[Si](C)(C)Cn1cncn1. The van der Waals surface area contributed by atoms with Crippen LogP contribution in [0.4, 0.5) is 0 Å². The van der Waals surface area contributed by atoms with Crippen molar-refractivity contribution >= 4 is 8.07 Å². The van der Waals surface area contributed by atoms with Crippen LogP contribution in [0.5, 0.6) is 0 Å². The minimum Gasteiger partial charge on any atom is -0.256 e. The van der Waals surface area contributed by atoms with E-state index in [2.05, 4.69) is 43.9 Å². The summed E-state index contributed by atoms with van der Waals surface area (Å²) in [7, 11) is -1.25. The number of rotatable bonds is 2. The minimum atomic E-state index is -1.25. The predicted octanol–water partition coefficient (Wildman–Crippen LogP) is 2.33. The fourth-order valence-corrected chi connectivity index (χ4v) is 2.40. The summed E-state index contributed by atoms with van der Waals surface area (Å²) in [5, 5.41) is 4.57. The molecule has 0 spiro atoms. The van der Waals surface area contributed by atoms with Crippen LogP contribution >= 0.6 is 0 Å². The largest absolute Gasteiger partial charge is 0.256 e. The van der Waals surface area contributed by atoms with Gasteiger partial charge in [-0.05, 0) is 5.04 Å². The summed E-state index contributed by atoms with van der Waals surface area (Å²) in [4.78, 5) is 3.96. The van der Waals surface area contributed by atoms with Crippen LogP contribution in [0.25, 0.3) is 0 Å². The van der Waals surface area contributed by atoms with E-state index in [1.807, 2.05) is 4.68 Å². The Bertz CT molecular complexity index is 259. The summed E-state index contributed by atoms with van der Waals surface area (Å²) in [6.45, 7) is 11.7. The van der Waals surface area contributed by atoms with Gasteiger partial charge in [-0.2, -0.15) is 5.10 Å². The molecular formula is C9H19N3Si. The molecule has 3 nitrogen and oxygen atoms in total. The van der Waals surface area contributed by atoms with Crippen LogP contribution < -0.4 is 0 Å². The summed E-state index contributed by atoms with van der Waals surface area (Å²) < 4.78 is 1.96. The highest BCUT2D eigenvalue weighted by Gasteiger charge is 2.35. The smallest absolute Gasteiger partial charge is 0.137 e. The lowest BCUT2D eigenvalue weighted by Gasteiger charge is -2.36. The number of aromatic nitrogens is 3. The van der Waals surface area contributed by atoms with Crippen molar-refractivity contribution in [2.24, 2.45) is 0 Å². The van der Waals surface area contributed by atoms with Gasteiger partial charge in [0, 0.05) is 6.17 Å². The van der Waals surface area contributed by atoms with Crippen molar-refractivity contribution in [2.75, 3.05) is 0 Å². The topological polar surface area (TPSA) is 30.7 Å². The highest BCUT2D eigenvalue weighted by atomic mass is 28.3. The fourth-order valence-electron chi connectivity index (χ4n) is 0.957. The molecule has 4 heteroatoms. The average Bonchev–Trinajstić information content (AvgIpc) is 2.35. The molecule has 0 bridgehead atoms. The van der Waals surface area contributed by atoms with Gasteiger partial charge in [-0.1, -0.05) is 33.9 Å². The second-order valence-electron chi connectivity index (χ2n) is 5.23. The lowest BCUT2D eigenvalue weighted by atomic mass is 10.2. The summed E-state index contributed by atoms with van der Waals surface area (Å²) in [6.07, 6.45) is 4.46. The van der Waals surface area contributed by atoms with Gasteiger partial charge in [0.25, 0.3) is 0 Å². The second kappa shape index (κ2) is 3.25. The van der Waals surface area contributed by atoms with Crippen molar-refractivity contribution in [1.29, 1.82) is 0 Å². The molecule has 74 valence electrons. The number of nitrogens with zero attached hydrogens (tertiary/aromatic N) is 3. The van der Waals surface area contributed by atoms with E-state index in [0.717, 1.165) is 6.17 Å². The van der Waals surface area contributed by atoms with Crippen molar-refractivity contribution in [3.05, 3.63) is 12.7 Å². The molecule has 0 aliphatic carbocycles. The first kappa shape index (κ1) is 10.4. The van der Waals surface area contributed by atoms with Crippen molar-refractivity contribution in [3.8, 4) is 0 Å². The van der Waals surface area contributed by atoms with E-state index in [1.165, 1.54) is 0 Å². The van der Waals surface area contributed by atoms with Crippen LogP contribution in [0, 0.1) is 0 Å². The van der Waals surface area contributed by atoms with Crippen LogP contribution in [0.3, 0.4) is 0 Å². The Hall–Kier alpha value is -0.643. The van der Waals surface area contributed by atoms with Crippen LogP contribution in [-0.4, -0.2) is 22.8 Å². The van der Waals surface area contributed by atoms with E-state index in [9.17, 15) is 0 Å². The molecular weight excluding hydrogens is 178 g/mol. The van der Waals surface area contributed by atoms with Crippen LogP contribution in [0.2, 0.25) is 18.1 Å². The molecule has 0 saturated heterocycles. The zero-order chi connectivity index (χ0) is 10.1. The summed E-state index contributed by atoms with van der Waals surface area (Å²) >= 11 is 0. The quantitative estimate of drug-likeness (QED) is 0.681. The zero-order valence-corrected chi connectivity index (χ0v) is 10.2. The first-order valence-electron chi connectivity index (χ1n) is 4.65. The first-order chi connectivity index (χ1) is 5.83. The van der Waals surface area contributed by atoms with E-state index in [4.69, 9.17) is 0 Å². The third-order valence-corrected chi connectivity index (χ3v) is 8.23. The highest BCUT2D eigenvalue weighted by Crippen LogP contribution is 2.36. The number of hydrogen-bond acceptors (Lipinski definition) is 2. The molecule has 1 rings (SSSR count). The highest BCUT2D eigenvalue weighted by molar-refractivity contribution is 6.79. The van der Waals surface area contributed by atoms with Crippen LogP contribution in [0.15, 0.2) is 12.7 Å². The Labute approximate surface area is 81.2 Å². The second-order valence-corrected chi connectivity index (χ2v) is 10.8. The van der Waals surface area contributed by atoms with Crippen LogP contribution in [-0.2, 0) is 6.17 Å². The van der Waals surface area contributed by atoms with Gasteiger partial charge in [-0.3, -0.25) is 4.68 Å². The summed E-state index contributed by atoms with van der Waals surface area (Å²) in [5.74, 6) is 0. The third-order valence-electron chi connectivity index (χ3n) is 3.05. The molecule has 0 aromatic carbocycles. The maximum Gasteiger partial charge on any atom is 0.137 e. The monoisotopic (exact) mass is 197 g/mol.